The Hall–Kier alpha value is -1.26. The van der Waals surface area contributed by atoms with Crippen molar-refractivity contribution in [2.75, 3.05) is 18.1 Å². The molecular weight excluding hydrogens is 232 g/mol. The Labute approximate surface area is 105 Å². The van der Waals surface area contributed by atoms with Crippen LogP contribution in [0.4, 0.5) is 5.69 Å². The molecule has 0 bridgehead atoms. The average molecular weight is 248 g/mol. The molecule has 90 valence electrons. The van der Waals surface area contributed by atoms with Crippen LogP contribution in [0, 0.1) is 5.92 Å². The van der Waals surface area contributed by atoms with E-state index in [2.05, 4.69) is 4.98 Å². The number of nitrogen functional groups attached to an aromatic ring is 1. The first-order valence-electron chi connectivity index (χ1n) is 5.59. The summed E-state index contributed by atoms with van der Waals surface area (Å²) in [6.45, 7) is 2.22. The van der Waals surface area contributed by atoms with E-state index in [1.54, 1.807) is 18.0 Å². The second kappa shape index (κ2) is 5.38. The molecule has 17 heavy (non-hydrogen) atoms. The molecule has 0 fully saturated rings. The molecule has 3 nitrogen and oxygen atoms in total. The Morgan fingerprint density at radius 1 is 1.41 bits per heavy atom. The molecule has 0 saturated heterocycles. The second-order valence-electron chi connectivity index (χ2n) is 4.16. The largest absolute Gasteiger partial charge is 0.397 e. The molecule has 0 radical (unpaired) electrons. The molecule has 1 heterocycles. The van der Waals surface area contributed by atoms with Gasteiger partial charge in [-0.15, -0.1) is 11.8 Å². The van der Waals surface area contributed by atoms with Gasteiger partial charge in [0.15, 0.2) is 0 Å². The average Bonchev–Trinajstić information content (AvgIpc) is 2.37. The quantitative estimate of drug-likeness (QED) is 0.816. The van der Waals surface area contributed by atoms with Crippen LogP contribution in [0.1, 0.15) is 6.92 Å². The lowest BCUT2D eigenvalue weighted by Crippen LogP contribution is -2.04. The summed E-state index contributed by atoms with van der Waals surface area (Å²) >= 11 is 1.68. The number of rotatable bonds is 4. The van der Waals surface area contributed by atoms with Crippen LogP contribution in [0.5, 0.6) is 0 Å². The van der Waals surface area contributed by atoms with Crippen LogP contribution < -0.4 is 5.73 Å². The van der Waals surface area contributed by atoms with Crippen molar-refractivity contribution in [1.82, 2.24) is 4.98 Å². The van der Waals surface area contributed by atoms with Crippen LogP contribution in [0.15, 0.2) is 35.4 Å². The summed E-state index contributed by atoms with van der Waals surface area (Å²) in [5.74, 6) is 1.13. The molecular formula is C13H16N2OS. The lowest BCUT2D eigenvalue weighted by atomic mass is 10.2. The number of benzene rings is 1. The van der Waals surface area contributed by atoms with E-state index in [1.807, 2.05) is 31.2 Å². The highest BCUT2D eigenvalue weighted by molar-refractivity contribution is 7.99. The van der Waals surface area contributed by atoms with Crippen molar-refractivity contribution >= 4 is 28.4 Å². The fourth-order valence-electron chi connectivity index (χ4n) is 1.57. The van der Waals surface area contributed by atoms with E-state index in [4.69, 9.17) is 10.8 Å². The lowest BCUT2D eigenvalue weighted by Gasteiger charge is -2.11. The molecule has 3 N–H and O–H groups in total. The Bertz CT molecular complexity index is 516. The van der Waals surface area contributed by atoms with Crippen molar-refractivity contribution < 1.29 is 5.11 Å². The number of aliphatic hydroxyl groups is 1. The zero-order chi connectivity index (χ0) is 12.3. The summed E-state index contributed by atoms with van der Waals surface area (Å²) in [7, 11) is 0. The van der Waals surface area contributed by atoms with Gasteiger partial charge in [0, 0.05) is 22.6 Å². The highest BCUT2D eigenvalue weighted by Crippen LogP contribution is 2.32. The van der Waals surface area contributed by atoms with Gasteiger partial charge in [-0.2, -0.15) is 0 Å². The summed E-state index contributed by atoms with van der Waals surface area (Å²) in [5, 5.41) is 10.1. The van der Waals surface area contributed by atoms with Crippen molar-refractivity contribution in [3.63, 3.8) is 0 Å². The van der Waals surface area contributed by atoms with Crippen LogP contribution in [-0.2, 0) is 0 Å². The first-order chi connectivity index (χ1) is 8.22. The van der Waals surface area contributed by atoms with Crippen LogP contribution in [0.25, 0.3) is 10.9 Å². The van der Waals surface area contributed by atoms with E-state index < -0.39 is 0 Å². The zero-order valence-electron chi connectivity index (χ0n) is 9.76. The number of hydrogen-bond acceptors (Lipinski definition) is 4. The van der Waals surface area contributed by atoms with Crippen molar-refractivity contribution in [3.8, 4) is 0 Å². The van der Waals surface area contributed by atoms with Gasteiger partial charge in [0.05, 0.1) is 17.4 Å². The number of anilines is 1. The number of nitrogens with two attached hydrogens (primary N) is 1. The fourth-order valence-corrected chi connectivity index (χ4v) is 2.67. The highest BCUT2D eigenvalue weighted by atomic mass is 32.2. The van der Waals surface area contributed by atoms with Gasteiger partial charge in [0.1, 0.15) is 0 Å². The normalized spacial score (nSPS) is 12.8. The number of nitrogens with zero attached hydrogens (tertiary/aromatic N) is 1. The summed E-state index contributed by atoms with van der Waals surface area (Å²) in [4.78, 5) is 5.37. The number of thioether (sulfide) groups is 1. The van der Waals surface area contributed by atoms with E-state index in [0.717, 1.165) is 21.6 Å². The van der Waals surface area contributed by atoms with Gasteiger partial charge < -0.3 is 10.8 Å². The summed E-state index contributed by atoms with van der Waals surface area (Å²) < 4.78 is 0. The Balaban J connectivity index is 2.34. The molecule has 0 spiro atoms. The zero-order valence-corrected chi connectivity index (χ0v) is 10.6. The van der Waals surface area contributed by atoms with Gasteiger partial charge >= 0.3 is 0 Å². The Kier molecular flexibility index (Phi) is 3.86. The summed E-state index contributed by atoms with van der Waals surface area (Å²) in [6, 6.07) is 7.97. The first kappa shape index (κ1) is 12.2. The van der Waals surface area contributed by atoms with Gasteiger partial charge in [0.2, 0.25) is 0 Å². The Morgan fingerprint density at radius 2 is 2.18 bits per heavy atom. The monoisotopic (exact) mass is 248 g/mol. The van der Waals surface area contributed by atoms with Gasteiger partial charge in [-0.3, -0.25) is 4.98 Å². The van der Waals surface area contributed by atoms with E-state index in [1.165, 1.54) is 0 Å². The Morgan fingerprint density at radius 3 is 2.94 bits per heavy atom. The topological polar surface area (TPSA) is 59.1 Å². The first-order valence-corrected chi connectivity index (χ1v) is 6.57. The molecule has 2 rings (SSSR count). The number of aromatic nitrogens is 1. The standard InChI is InChI=1S/C13H16N2OS/c1-9(7-16)8-17-13-10-4-2-3-5-12(10)15-6-11(13)14/h2-6,9,16H,7-8,14H2,1H3. The van der Waals surface area contributed by atoms with Gasteiger partial charge in [-0.1, -0.05) is 25.1 Å². The van der Waals surface area contributed by atoms with E-state index >= 15 is 0 Å². The van der Waals surface area contributed by atoms with Crippen LogP contribution in [0.3, 0.4) is 0 Å². The van der Waals surface area contributed by atoms with Crippen LogP contribution >= 0.6 is 11.8 Å². The third-order valence-electron chi connectivity index (χ3n) is 2.58. The third kappa shape index (κ3) is 2.70. The maximum Gasteiger partial charge on any atom is 0.0714 e. The second-order valence-corrected chi connectivity index (χ2v) is 5.19. The number of para-hydroxylation sites is 1. The molecule has 1 aromatic carbocycles. The predicted molar refractivity (Wildman–Crippen MR) is 73.1 cm³/mol. The summed E-state index contributed by atoms with van der Waals surface area (Å²) in [6.07, 6.45) is 1.70. The number of hydrogen-bond donors (Lipinski definition) is 2. The van der Waals surface area contributed by atoms with E-state index in [0.29, 0.717) is 5.69 Å². The van der Waals surface area contributed by atoms with Gasteiger partial charge in [-0.05, 0) is 12.0 Å². The molecule has 0 aliphatic carbocycles. The molecule has 4 heteroatoms. The molecule has 0 amide bonds. The third-order valence-corrected chi connectivity index (χ3v) is 4.06. The molecule has 0 saturated carbocycles. The maximum atomic E-state index is 9.04. The number of pyridine rings is 1. The minimum absolute atomic E-state index is 0.204. The molecule has 1 atom stereocenters. The smallest absolute Gasteiger partial charge is 0.0714 e. The molecule has 2 aromatic rings. The minimum Gasteiger partial charge on any atom is -0.397 e. The van der Waals surface area contributed by atoms with Gasteiger partial charge in [0.25, 0.3) is 0 Å². The summed E-state index contributed by atoms with van der Waals surface area (Å²) in [5.41, 5.74) is 7.63. The minimum atomic E-state index is 0.204. The van der Waals surface area contributed by atoms with Crippen LogP contribution in [0.2, 0.25) is 0 Å². The van der Waals surface area contributed by atoms with Crippen molar-refractivity contribution in [3.05, 3.63) is 30.5 Å². The number of aliphatic hydroxyl groups excluding tert-OH is 1. The molecule has 0 aliphatic rings. The molecule has 1 unspecified atom stereocenters. The van der Waals surface area contributed by atoms with Crippen molar-refractivity contribution in [2.24, 2.45) is 5.92 Å². The fraction of sp³-hybridized carbons (Fsp3) is 0.308. The van der Waals surface area contributed by atoms with Gasteiger partial charge in [-0.25, -0.2) is 0 Å². The van der Waals surface area contributed by atoms with E-state index in [9.17, 15) is 0 Å². The SMILES string of the molecule is CC(CO)CSc1c(N)cnc2ccccc12. The maximum absolute atomic E-state index is 9.04. The highest BCUT2D eigenvalue weighted by Gasteiger charge is 2.09. The van der Waals surface area contributed by atoms with Crippen LogP contribution in [-0.4, -0.2) is 22.5 Å². The number of fused-ring (bicyclic) bond motifs is 1. The molecule has 1 aromatic heterocycles. The molecule has 0 aliphatic heterocycles. The van der Waals surface area contributed by atoms with Crippen molar-refractivity contribution in [1.29, 1.82) is 0 Å². The van der Waals surface area contributed by atoms with E-state index in [-0.39, 0.29) is 12.5 Å². The predicted octanol–water partition coefficient (Wildman–Crippen LogP) is 2.54. The van der Waals surface area contributed by atoms with Crippen molar-refractivity contribution in [2.45, 2.75) is 11.8 Å². The lowest BCUT2D eigenvalue weighted by molar-refractivity contribution is 0.250.